The molecule has 13 heteroatoms. The van der Waals surface area contributed by atoms with Crippen LogP contribution in [0.25, 0.3) is 22.5 Å². The van der Waals surface area contributed by atoms with E-state index < -0.39 is 29.7 Å². The standard InChI is InChI=1S/C23H18ClF2N9O/c24-14-3-5-16(34-10-29-32-33-34)20(21(14)25)11-7-12-1-4-17(35(12)19(36)8-11)23-28-9-15(30-23)13-2-6-18(27)31-22(13)26/h2-3,5-6,8-10,12,17H,1,4,7H2,(H2,27,31)(H,28,30)/t12-,17+/m1/s1/i12D. The maximum atomic E-state index is 15.3. The van der Waals surface area contributed by atoms with Gasteiger partial charge in [-0.25, -0.2) is 14.4 Å². The van der Waals surface area contributed by atoms with Gasteiger partial charge in [-0.05, 0) is 59.5 Å². The normalized spacial score (nSPS) is 21.9. The highest BCUT2D eigenvalue weighted by Crippen LogP contribution is 2.44. The highest BCUT2D eigenvalue weighted by Gasteiger charge is 2.42. The van der Waals surface area contributed by atoms with Gasteiger partial charge in [-0.3, -0.25) is 4.79 Å². The first-order valence-corrected chi connectivity index (χ1v) is 11.4. The Hall–Kier alpha value is -4.19. The Morgan fingerprint density at radius 3 is 2.86 bits per heavy atom. The molecule has 0 bridgehead atoms. The van der Waals surface area contributed by atoms with E-state index in [1.807, 2.05) is 0 Å². The van der Waals surface area contributed by atoms with Crippen LogP contribution < -0.4 is 5.73 Å². The van der Waals surface area contributed by atoms with E-state index in [1.165, 1.54) is 46.4 Å². The molecule has 0 spiro atoms. The lowest BCUT2D eigenvalue weighted by atomic mass is 9.92. The van der Waals surface area contributed by atoms with Gasteiger partial charge >= 0.3 is 0 Å². The lowest BCUT2D eigenvalue weighted by molar-refractivity contribution is -0.129. The van der Waals surface area contributed by atoms with Crippen LogP contribution in [0.5, 0.6) is 0 Å². The number of carbonyl (C=O) groups is 1. The third kappa shape index (κ3) is 3.61. The zero-order chi connectivity index (χ0) is 25.9. The number of H-pyrrole nitrogens is 1. The molecule has 0 saturated carbocycles. The van der Waals surface area contributed by atoms with Gasteiger partial charge in [-0.2, -0.15) is 9.07 Å². The van der Waals surface area contributed by atoms with Crippen molar-refractivity contribution in [1.82, 2.24) is 40.1 Å². The van der Waals surface area contributed by atoms with Crippen molar-refractivity contribution >= 4 is 28.9 Å². The molecule has 1 amide bonds. The number of nitrogen functional groups attached to an aromatic ring is 1. The SMILES string of the molecule is [2H][C@]12CC[C@@H](c3ncc(-c4ccc(N)nc4F)[nH]3)N1C(=O)C=C(c1c(-n3cnnn3)ccc(Cl)c1F)C2. The average Bonchev–Trinajstić information content (AvgIpc) is 3.60. The van der Waals surface area contributed by atoms with Gasteiger partial charge in [0.1, 0.15) is 18.0 Å². The number of fused-ring (bicyclic) bond motifs is 1. The molecule has 4 aromatic rings. The number of hydrogen-bond acceptors (Lipinski definition) is 7. The van der Waals surface area contributed by atoms with Crippen LogP contribution in [0.3, 0.4) is 0 Å². The van der Waals surface area contributed by atoms with E-state index in [0.717, 1.165) is 0 Å². The number of benzene rings is 1. The molecule has 0 radical (unpaired) electrons. The second-order valence-corrected chi connectivity index (χ2v) is 8.85. The van der Waals surface area contributed by atoms with Crippen molar-refractivity contribution in [2.45, 2.75) is 31.3 Å². The van der Waals surface area contributed by atoms with E-state index in [4.69, 9.17) is 18.7 Å². The van der Waals surface area contributed by atoms with E-state index in [1.54, 1.807) is 6.07 Å². The van der Waals surface area contributed by atoms with E-state index in [9.17, 15) is 9.18 Å². The van der Waals surface area contributed by atoms with Gasteiger partial charge in [0, 0.05) is 17.7 Å². The Bertz CT molecular complexity index is 1570. The summed E-state index contributed by atoms with van der Waals surface area (Å²) in [6.45, 7) is 0. The fourth-order valence-electron chi connectivity index (χ4n) is 4.77. The van der Waals surface area contributed by atoms with Crippen molar-refractivity contribution in [2.75, 3.05) is 5.73 Å². The van der Waals surface area contributed by atoms with Crippen molar-refractivity contribution in [2.24, 2.45) is 0 Å². The maximum Gasteiger partial charge on any atom is 0.247 e. The molecule has 3 aromatic heterocycles. The quantitative estimate of drug-likeness (QED) is 0.402. The second kappa shape index (κ2) is 8.48. The molecule has 2 aliphatic heterocycles. The Morgan fingerprint density at radius 1 is 1.22 bits per heavy atom. The molecule has 2 aliphatic rings. The number of carbonyl (C=O) groups excluding carboxylic acids is 1. The minimum atomic E-state index is -1.36. The first kappa shape index (κ1) is 21.1. The summed E-state index contributed by atoms with van der Waals surface area (Å²) in [5, 5.41) is 10.9. The molecular weight excluding hydrogens is 492 g/mol. The molecule has 3 N–H and O–H groups in total. The summed E-state index contributed by atoms with van der Waals surface area (Å²) in [6.07, 6.45) is 4.86. The number of rotatable bonds is 4. The van der Waals surface area contributed by atoms with Gasteiger partial charge in [-0.15, -0.1) is 5.10 Å². The average molecular weight is 511 g/mol. The van der Waals surface area contributed by atoms with Crippen molar-refractivity contribution in [3.05, 3.63) is 71.0 Å². The predicted molar refractivity (Wildman–Crippen MR) is 126 cm³/mol. The molecule has 1 aromatic carbocycles. The number of halogens is 3. The fraction of sp³-hybridized carbons (Fsp3) is 0.217. The minimum absolute atomic E-state index is 0.0473. The molecule has 0 unspecified atom stereocenters. The number of anilines is 1. The summed E-state index contributed by atoms with van der Waals surface area (Å²) >= 11 is 6.07. The molecular formula is C23H18ClF2N9O. The van der Waals surface area contributed by atoms with Gasteiger partial charge < -0.3 is 15.6 Å². The van der Waals surface area contributed by atoms with Gasteiger partial charge in [0.05, 0.1) is 35.6 Å². The van der Waals surface area contributed by atoms with Crippen LogP contribution in [0.4, 0.5) is 14.6 Å². The molecule has 5 heterocycles. The highest BCUT2D eigenvalue weighted by molar-refractivity contribution is 6.31. The summed E-state index contributed by atoms with van der Waals surface area (Å²) in [5.74, 6) is -1.49. The van der Waals surface area contributed by atoms with E-state index in [2.05, 4.69) is 30.5 Å². The topological polar surface area (TPSA) is 132 Å². The van der Waals surface area contributed by atoms with Crippen molar-refractivity contribution < 1.29 is 14.9 Å². The van der Waals surface area contributed by atoms with Crippen LogP contribution >= 0.6 is 11.6 Å². The lowest BCUT2D eigenvalue weighted by Crippen LogP contribution is -2.39. The van der Waals surface area contributed by atoms with Gasteiger partial charge in [-0.1, -0.05) is 11.6 Å². The van der Waals surface area contributed by atoms with E-state index in [-0.39, 0.29) is 28.4 Å². The minimum Gasteiger partial charge on any atom is -0.384 e. The summed E-state index contributed by atoms with van der Waals surface area (Å²) in [7, 11) is 0. The van der Waals surface area contributed by atoms with Crippen molar-refractivity contribution in [3.63, 3.8) is 0 Å². The second-order valence-electron chi connectivity index (χ2n) is 8.44. The number of hydrogen-bond donors (Lipinski definition) is 2. The third-order valence-corrected chi connectivity index (χ3v) is 6.64. The molecule has 10 nitrogen and oxygen atoms in total. The highest BCUT2D eigenvalue weighted by atomic mass is 35.5. The third-order valence-electron chi connectivity index (χ3n) is 6.35. The van der Waals surface area contributed by atoms with E-state index in [0.29, 0.717) is 35.6 Å². The number of tetrazole rings is 1. The number of aromatic amines is 1. The largest absolute Gasteiger partial charge is 0.384 e. The molecule has 1 fully saturated rings. The fourth-order valence-corrected chi connectivity index (χ4v) is 4.92. The van der Waals surface area contributed by atoms with Gasteiger partial charge in [0.2, 0.25) is 11.9 Å². The summed E-state index contributed by atoms with van der Waals surface area (Å²) in [5.41, 5.74) is 6.76. The maximum absolute atomic E-state index is 15.3. The lowest BCUT2D eigenvalue weighted by Gasteiger charge is -2.33. The van der Waals surface area contributed by atoms with Crippen LogP contribution in [-0.2, 0) is 4.79 Å². The number of amides is 1. The summed E-state index contributed by atoms with van der Waals surface area (Å²) < 4.78 is 40.1. The Kier molecular flexibility index (Phi) is 4.98. The number of nitrogens with one attached hydrogen (secondary N) is 1. The summed E-state index contributed by atoms with van der Waals surface area (Å²) in [6, 6.07) is 3.98. The van der Waals surface area contributed by atoms with Crippen LogP contribution in [0.15, 0.2) is 42.9 Å². The molecule has 2 atom stereocenters. The number of imidazole rings is 1. The van der Waals surface area contributed by atoms with Crippen LogP contribution in [0, 0.1) is 11.8 Å². The zero-order valence-corrected chi connectivity index (χ0v) is 19.2. The number of aromatic nitrogens is 7. The van der Waals surface area contributed by atoms with Crippen LogP contribution in [-0.4, -0.2) is 52.0 Å². The predicted octanol–water partition coefficient (Wildman–Crippen LogP) is 3.48. The summed E-state index contributed by atoms with van der Waals surface area (Å²) in [4.78, 5) is 25.9. The Balaban J connectivity index is 1.36. The zero-order valence-electron chi connectivity index (χ0n) is 19.5. The number of pyridine rings is 1. The molecule has 36 heavy (non-hydrogen) atoms. The van der Waals surface area contributed by atoms with Gasteiger partial charge in [0.15, 0.2) is 5.82 Å². The first-order chi connectivity index (χ1) is 17.7. The molecule has 6 rings (SSSR count). The molecule has 1 saturated heterocycles. The monoisotopic (exact) mass is 510 g/mol. The van der Waals surface area contributed by atoms with Crippen LogP contribution in [0.2, 0.25) is 5.02 Å². The number of nitrogens with zero attached hydrogens (tertiary/aromatic N) is 7. The van der Waals surface area contributed by atoms with Crippen LogP contribution in [0.1, 0.15) is 38.1 Å². The first-order valence-electron chi connectivity index (χ1n) is 11.5. The van der Waals surface area contributed by atoms with Crippen molar-refractivity contribution in [3.8, 4) is 16.9 Å². The Morgan fingerprint density at radius 2 is 2.08 bits per heavy atom. The van der Waals surface area contributed by atoms with E-state index >= 15 is 4.39 Å². The molecule has 182 valence electrons. The Labute approximate surface area is 209 Å². The molecule has 0 aliphatic carbocycles. The van der Waals surface area contributed by atoms with Crippen molar-refractivity contribution in [1.29, 1.82) is 0 Å². The number of nitrogens with two attached hydrogens (primary N) is 1. The van der Waals surface area contributed by atoms with Gasteiger partial charge in [0.25, 0.3) is 0 Å². The smallest absolute Gasteiger partial charge is 0.247 e.